The number of hydrogen-bond acceptors (Lipinski definition) is 4. The number of rotatable bonds is 9. The van der Waals surface area contributed by atoms with E-state index in [4.69, 9.17) is 39.5 Å². The third-order valence-electron chi connectivity index (χ3n) is 5.55. The monoisotopic (exact) mass is 588 g/mol. The van der Waals surface area contributed by atoms with Crippen LogP contribution in [0.2, 0.25) is 15.1 Å². The smallest absolute Gasteiger partial charge is 0.264 e. The SMILES string of the molecule is Cc1ccc(S(=O)(=O)N(Cc2ccc(Cl)cc2)c2ccc(OCC(=O)Nc3cc(Cl)ccc3Cl)cc2)cc1. The van der Waals surface area contributed by atoms with E-state index in [-0.39, 0.29) is 18.0 Å². The Kier molecular flexibility index (Phi) is 8.84. The van der Waals surface area contributed by atoms with Crippen molar-refractivity contribution in [1.29, 1.82) is 0 Å². The average molecular weight is 590 g/mol. The van der Waals surface area contributed by atoms with Crippen molar-refractivity contribution in [3.63, 3.8) is 0 Å². The van der Waals surface area contributed by atoms with Gasteiger partial charge in [0, 0.05) is 10.0 Å². The third-order valence-corrected chi connectivity index (χ3v) is 8.15. The first-order chi connectivity index (χ1) is 18.1. The Morgan fingerprint density at radius 3 is 2.13 bits per heavy atom. The Hall–Kier alpha value is -3.23. The van der Waals surface area contributed by atoms with E-state index in [1.54, 1.807) is 91.0 Å². The predicted octanol–water partition coefficient (Wildman–Crippen LogP) is 7.37. The van der Waals surface area contributed by atoms with Crippen LogP contribution in [-0.4, -0.2) is 20.9 Å². The molecule has 1 amide bonds. The fourth-order valence-corrected chi connectivity index (χ4v) is 5.46. The summed E-state index contributed by atoms with van der Waals surface area (Å²) in [5.74, 6) is -0.0372. The van der Waals surface area contributed by atoms with Crippen LogP contribution in [0.3, 0.4) is 0 Å². The van der Waals surface area contributed by atoms with Crippen LogP contribution < -0.4 is 14.4 Å². The number of nitrogens with zero attached hydrogens (tertiary/aromatic N) is 1. The van der Waals surface area contributed by atoms with E-state index in [0.29, 0.717) is 32.2 Å². The summed E-state index contributed by atoms with van der Waals surface area (Å²) in [6, 6.07) is 24.9. The van der Waals surface area contributed by atoms with Gasteiger partial charge in [-0.1, -0.05) is 64.6 Å². The fourth-order valence-electron chi connectivity index (χ4n) is 3.55. The van der Waals surface area contributed by atoms with Crippen molar-refractivity contribution in [2.45, 2.75) is 18.4 Å². The Labute approximate surface area is 236 Å². The molecule has 0 aliphatic carbocycles. The average Bonchev–Trinajstić information content (AvgIpc) is 2.90. The molecule has 10 heteroatoms. The summed E-state index contributed by atoms with van der Waals surface area (Å²) in [6.07, 6.45) is 0. The van der Waals surface area contributed by atoms with Gasteiger partial charge in [-0.25, -0.2) is 8.42 Å². The van der Waals surface area contributed by atoms with Crippen LogP contribution in [-0.2, 0) is 21.4 Å². The zero-order valence-electron chi connectivity index (χ0n) is 20.2. The van der Waals surface area contributed by atoms with E-state index in [2.05, 4.69) is 5.32 Å². The minimum Gasteiger partial charge on any atom is -0.484 e. The van der Waals surface area contributed by atoms with E-state index in [1.807, 2.05) is 6.92 Å². The van der Waals surface area contributed by atoms with Crippen molar-refractivity contribution in [3.05, 3.63) is 117 Å². The Bertz CT molecular complexity index is 1530. The van der Waals surface area contributed by atoms with Gasteiger partial charge in [-0.2, -0.15) is 0 Å². The van der Waals surface area contributed by atoms with E-state index >= 15 is 0 Å². The van der Waals surface area contributed by atoms with Gasteiger partial charge in [0.2, 0.25) is 0 Å². The number of carbonyl (C=O) groups excluding carboxylic acids is 1. The summed E-state index contributed by atoms with van der Waals surface area (Å²) < 4.78 is 34.2. The molecule has 196 valence electrons. The van der Waals surface area contributed by atoms with Gasteiger partial charge in [0.1, 0.15) is 5.75 Å². The van der Waals surface area contributed by atoms with Gasteiger partial charge in [-0.15, -0.1) is 0 Å². The third kappa shape index (κ3) is 6.99. The van der Waals surface area contributed by atoms with Gasteiger partial charge >= 0.3 is 0 Å². The van der Waals surface area contributed by atoms with Gasteiger partial charge in [0.15, 0.2) is 6.61 Å². The highest BCUT2D eigenvalue weighted by Crippen LogP contribution is 2.29. The van der Waals surface area contributed by atoms with E-state index in [0.717, 1.165) is 11.1 Å². The summed E-state index contributed by atoms with van der Waals surface area (Å²) in [4.78, 5) is 12.5. The number of benzene rings is 4. The van der Waals surface area contributed by atoms with Crippen molar-refractivity contribution in [2.75, 3.05) is 16.2 Å². The first kappa shape index (κ1) is 27.8. The number of sulfonamides is 1. The van der Waals surface area contributed by atoms with Crippen LogP contribution >= 0.6 is 34.8 Å². The second kappa shape index (κ2) is 12.1. The van der Waals surface area contributed by atoms with Crippen LogP contribution in [0.15, 0.2) is 95.9 Å². The summed E-state index contributed by atoms with van der Waals surface area (Å²) in [5.41, 5.74) is 2.53. The largest absolute Gasteiger partial charge is 0.484 e. The van der Waals surface area contributed by atoms with Gasteiger partial charge in [0.25, 0.3) is 15.9 Å². The van der Waals surface area contributed by atoms with Crippen molar-refractivity contribution < 1.29 is 17.9 Å². The minimum atomic E-state index is -3.89. The van der Waals surface area contributed by atoms with Crippen LogP contribution in [0.25, 0.3) is 0 Å². The van der Waals surface area contributed by atoms with Crippen LogP contribution in [0.4, 0.5) is 11.4 Å². The second-order valence-electron chi connectivity index (χ2n) is 8.41. The maximum atomic E-state index is 13.6. The summed E-state index contributed by atoms with van der Waals surface area (Å²) in [5, 5.41) is 3.99. The van der Waals surface area contributed by atoms with E-state index in [1.165, 1.54) is 4.31 Å². The Balaban J connectivity index is 1.52. The van der Waals surface area contributed by atoms with E-state index in [9.17, 15) is 13.2 Å². The van der Waals surface area contributed by atoms with Crippen molar-refractivity contribution in [1.82, 2.24) is 0 Å². The topological polar surface area (TPSA) is 75.7 Å². The van der Waals surface area contributed by atoms with Crippen molar-refractivity contribution >= 4 is 62.1 Å². The number of amides is 1. The number of anilines is 2. The molecule has 6 nitrogen and oxygen atoms in total. The van der Waals surface area contributed by atoms with Crippen LogP contribution in [0, 0.1) is 6.92 Å². The molecule has 0 saturated heterocycles. The lowest BCUT2D eigenvalue weighted by Crippen LogP contribution is -2.30. The lowest BCUT2D eigenvalue weighted by atomic mass is 10.2. The quantitative estimate of drug-likeness (QED) is 0.221. The van der Waals surface area contributed by atoms with E-state index < -0.39 is 15.9 Å². The van der Waals surface area contributed by atoms with Crippen LogP contribution in [0.5, 0.6) is 5.75 Å². The fraction of sp³-hybridized carbons (Fsp3) is 0.107. The standard InChI is InChI=1S/C28H23Cl3N2O4S/c1-19-2-13-25(14-3-19)38(35,36)33(17-20-4-6-21(29)7-5-20)23-9-11-24(12-10-23)37-18-28(34)32-27-16-22(30)8-15-26(27)31/h2-16H,17-18H2,1H3,(H,32,34). The Morgan fingerprint density at radius 1 is 0.842 bits per heavy atom. The molecule has 0 aromatic heterocycles. The molecule has 0 radical (unpaired) electrons. The molecule has 0 saturated carbocycles. The molecule has 0 aliphatic heterocycles. The molecule has 38 heavy (non-hydrogen) atoms. The number of halogens is 3. The van der Waals surface area contributed by atoms with Crippen molar-refractivity contribution in [2.24, 2.45) is 0 Å². The molecule has 4 aromatic carbocycles. The maximum absolute atomic E-state index is 13.6. The highest BCUT2D eigenvalue weighted by atomic mass is 35.5. The predicted molar refractivity (Wildman–Crippen MR) is 153 cm³/mol. The summed E-state index contributed by atoms with van der Waals surface area (Å²) >= 11 is 18.0. The lowest BCUT2D eigenvalue weighted by Gasteiger charge is -2.25. The van der Waals surface area contributed by atoms with Crippen molar-refractivity contribution in [3.8, 4) is 5.75 Å². The number of carbonyl (C=O) groups is 1. The highest BCUT2D eigenvalue weighted by Gasteiger charge is 2.25. The molecule has 0 heterocycles. The second-order valence-corrected chi connectivity index (χ2v) is 11.5. The molecule has 0 aliphatic rings. The lowest BCUT2D eigenvalue weighted by molar-refractivity contribution is -0.118. The molecule has 0 unspecified atom stereocenters. The molecule has 0 spiro atoms. The van der Waals surface area contributed by atoms with Gasteiger partial charge in [-0.05, 0) is 79.2 Å². The summed E-state index contributed by atoms with van der Waals surface area (Å²) in [7, 11) is -3.89. The van der Waals surface area contributed by atoms with Gasteiger partial charge in [0.05, 0.1) is 27.8 Å². The Morgan fingerprint density at radius 2 is 1.47 bits per heavy atom. The highest BCUT2D eigenvalue weighted by molar-refractivity contribution is 7.92. The number of hydrogen-bond donors (Lipinski definition) is 1. The zero-order chi connectivity index (χ0) is 27.3. The molecule has 4 rings (SSSR count). The van der Waals surface area contributed by atoms with Gasteiger partial charge in [-0.3, -0.25) is 9.10 Å². The molecule has 1 N–H and O–H groups in total. The molecule has 4 aromatic rings. The molecular weight excluding hydrogens is 567 g/mol. The first-order valence-corrected chi connectivity index (χ1v) is 14.0. The first-order valence-electron chi connectivity index (χ1n) is 11.4. The number of ether oxygens (including phenoxy) is 1. The van der Waals surface area contributed by atoms with Crippen LogP contribution in [0.1, 0.15) is 11.1 Å². The van der Waals surface area contributed by atoms with Gasteiger partial charge < -0.3 is 10.1 Å². The minimum absolute atomic E-state index is 0.0936. The number of nitrogens with one attached hydrogen (secondary N) is 1. The molecular formula is C28H23Cl3N2O4S. The molecule has 0 bridgehead atoms. The maximum Gasteiger partial charge on any atom is 0.264 e. The molecule has 0 atom stereocenters. The normalized spacial score (nSPS) is 11.2. The summed E-state index contributed by atoms with van der Waals surface area (Å²) in [6.45, 7) is 1.71. The zero-order valence-corrected chi connectivity index (χ0v) is 23.3. The molecule has 0 fully saturated rings. The number of aryl methyl sites for hydroxylation is 1.